The zero-order chi connectivity index (χ0) is 24.2. The molecule has 5 aromatic rings. The van der Waals surface area contributed by atoms with Gasteiger partial charge < -0.3 is 20.1 Å². The van der Waals surface area contributed by atoms with Crippen molar-refractivity contribution in [3.8, 4) is 11.5 Å². The van der Waals surface area contributed by atoms with Crippen LogP contribution in [0.25, 0.3) is 21.1 Å². The number of benzene rings is 3. The molecule has 0 saturated carbocycles. The lowest BCUT2D eigenvalue weighted by atomic mass is 10.1. The maximum Gasteiger partial charge on any atom is 0.226 e. The molecule has 0 aliphatic rings. The first-order valence-electron chi connectivity index (χ1n) is 11.0. The Morgan fingerprint density at radius 3 is 2.71 bits per heavy atom. The molecule has 0 saturated heterocycles. The van der Waals surface area contributed by atoms with E-state index in [0.29, 0.717) is 18.1 Å². The molecule has 0 aliphatic heterocycles. The van der Waals surface area contributed by atoms with Crippen LogP contribution in [-0.2, 0) is 9.53 Å². The van der Waals surface area contributed by atoms with Gasteiger partial charge in [-0.15, -0.1) is 11.3 Å². The number of ether oxygens (including phenoxy) is 2. The molecule has 2 heterocycles. The van der Waals surface area contributed by atoms with Gasteiger partial charge in [0.05, 0.1) is 34.3 Å². The Bertz CT molecular complexity index is 1520. The van der Waals surface area contributed by atoms with Crippen LogP contribution in [0.4, 0.5) is 17.2 Å². The summed E-state index contributed by atoms with van der Waals surface area (Å²) in [7, 11) is 1.57. The van der Waals surface area contributed by atoms with Crippen LogP contribution in [0.15, 0.2) is 66.4 Å². The maximum atomic E-state index is 12.1. The van der Waals surface area contributed by atoms with Gasteiger partial charge in [-0.1, -0.05) is 0 Å². The van der Waals surface area contributed by atoms with E-state index in [-0.39, 0.29) is 12.3 Å². The van der Waals surface area contributed by atoms with Crippen LogP contribution in [0, 0.1) is 6.92 Å². The number of amides is 1. The number of nitrogens with one attached hydrogen (secondary N) is 2. The van der Waals surface area contributed by atoms with E-state index in [2.05, 4.69) is 25.6 Å². The van der Waals surface area contributed by atoms with Crippen molar-refractivity contribution in [2.45, 2.75) is 13.3 Å². The van der Waals surface area contributed by atoms with Crippen molar-refractivity contribution in [1.82, 2.24) is 15.0 Å². The Morgan fingerprint density at radius 1 is 0.971 bits per heavy atom. The minimum Gasteiger partial charge on any atom is -0.457 e. The van der Waals surface area contributed by atoms with Crippen molar-refractivity contribution in [2.24, 2.45) is 0 Å². The average Bonchev–Trinajstić information content (AvgIpc) is 3.33. The molecule has 3 aromatic carbocycles. The molecule has 0 radical (unpaired) electrons. The molecule has 0 unspecified atom stereocenters. The number of nitrogens with zero attached hydrogens (tertiary/aromatic N) is 3. The monoisotopic (exact) mass is 485 g/mol. The first-order chi connectivity index (χ1) is 17.1. The fourth-order valence-corrected chi connectivity index (χ4v) is 4.32. The van der Waals surface area contributed by atoms with Crippen LogP contribution in [0.5, 0.6) is 11.5 Å². The molecule has 5 rings (SSSR count). The van der Waals surface area contributed by atoms with E-state index >= 15 is 0 Å². The summed E-state index contributed by atoms with van der Waals surface area (Å²) < 4.78 is 12.2. The SMILES string of the molecule is COCCC(=O)Nc1ccc2ncnc(Nc3ccc(Oc4ccc5scnc5c4)c(C)c3)c2c1. The van der Waals surface area contributed by atoms with Gasteiger partial charge >= 0.3 is 0 Å². The second kappa shape index (κ2) is 10.0. The summed E-state index contributed by atoms with van der Waals surface area (Å²) in [6.45, 7) is 2.36. The Balaban J connectivity index is 1.35. The molecule has 0 fully saturated rings. The van der Waals surface area contributed by atoms with Crippen LogP contribution in [0.1, 0.15) is 12.0 Å². The Labute approximate surface area is 206 Å². The second-order valence-corrected chi connectivity index (χ2v) is 8.82. The minimum atomic E-state index is -0.113. The highest BCUT2D eigenvalue weighted by atomic mass is 32.1. The molecular formula is C26H23N5O3S. The average molecular weight is 486 g/mol. The van der Waals surface area contributed by atoms with Gasteiger partial charge in [-0.3, -0.25) is 4.79 Å². The molecule has 35 heavy (non-hydrogen) atoms. The van der Waals surface area contributed by atoms with E-state index in [0.717, 1.165) is 43.9 Å². The fraction of sp³-hybridized carbons (Fsp3) is 0.154. The van der Waals surface area contributed by atoms with Crippen molar-refractivity contribution in [1.29, 1.82) is 0 Å². The summed E-state index contributed by atoms with van der Waals surface area (Å²) in [6.07, 6.45) is 1.80. The van der Waals surface area contributed by atoms with E-state index in [1.54, 1.807) is 18.4 Å². The molecule has 2 aromatic heterocycles. The molecule has 0 aliphatic carbocycles. The van der Waals surface area contributed by atoms with E-state index in [1.807, 2.05) is 67.0 Å². The Morgan fingerprint density at radius 2 is 1.86 bits per heavy atom. The van der Waals surface area contributed by atoms with Gasteiger partial charge in [0.1, 0.15) is 23.6 Å². The fourth-order valence-electron chi connectivity index (χ4n) is 3.66. The molecule has 0 atom stereocenters. The van der Waals surface area contributed by atoms with Gasteiger partial charge in [-0.25, -0.2) is 15.0 Å². The van der Waals surface area contributed by atoms with Crippen LogP contribution in [0.3, 0.4) is 0 Å². The summed E-state index contributed by atoms with van der Waals surface area (Å²) >= 11 is 1.60. The molecule has 9 heteroatoms. The standard InChI is InChI=1S/C26H23N5O3S/c1-16-11-17(4-7-23(16)34-19-5-8-24-22(13-19)29-15-35-24)31-26-20-12-18(30-25(32)9-10-33-2)3-6-21(20)27-14-28-26/h3-8,11-15H,9-10H2,1-2H3,(H,30,32)(H,27,28,31). The third kappa shape index (κ3) is 5.21. The summed E-state index contributed by atoms with van der Waals surface area (Å²) in [5.74, 6) is 2.04. The topological polar surface area (TPSA) is 98.3 Å². The number of thiazole rings is 1. The van der Waals surface area contributed by atoms with Crippen molar-refractivity contribution in [3.05, 3.63) is 72.0 Å². The predicted octanol–water partition coefficient (Wildman–Crippen LogP) is 6.06. The lowest BCUT2D eigenvalue weighted by molar-refractivity contribution is -0.117. The molecular weight excluding hydrogens is 462 g/mol. The highest BCUT2D eigenvalue weighted by molar-refractivity contribution is 7.16. The van der Waals surface area contributed by atoms with Gasteiger partial charge in [-0.05, 0) is 61.0 Å². The predicted molar refractivity (Wildman–Crippen MR) is 139 cm³/mol. The first-order valence-corrected chi connectivity index (χ1v) is 11.9. The van der Waals surface area contributed by atoms with Gasteiger partial charge in [-0.2, -0.15) is 0 Å². The molecule has 2 N–H and O–H groups in total. The summed E-state index contributed by atoms with van der Waals surface area (Å²) in [6, 6.07) is 17.3. The van der Waals surface area contributed by atoms with Gasteiger partial charge in [0.25, 0.3) is 0 Å². The third-order valence-corrected chi connectivity index (χ3v) is 6.23. The number of hydrogen-bond acceptors (Lipinski definition) is 8. The Hall–Kier alpha value is -4.08. The maximum absolute atomic E-state index is 12.1. The van der Waals surface area contributed by atoms with Crippen LogP contribution >= 0.6 is 11.3 Å². The lowest BCUT2D eigenvalue weighted by Gasteiger charge is -2.13. The van der Waals surface area contributed by atoms with Crippen LogP contribution in [0.2, 0.25) is 0 Å². The van der Waals surface area contributed by atoms with E-state index in [4.69, 9.17) is 9.47 Å². The quantitative estimate of drug-likeness (QED) is 0.276. The van der Waals surface area contributed by atoms with Gasteiger partial charge in [0, 0.05) is 29.9 Å². The number of rotatable bonds is 8. The van der Waals surface area contributed by atoms with E-state index in [1.165, 1.54) is 6.33 Å². The summed E-state index contributed by atoms with van der Waals surface area (Å²) in [4.78, 5) is 25.2. The first kappa shape index (κ1) is 22.7. The van der Waals surface area contributed by atoms with Gasteiger partial charge in [0.15, 0.2) is 0 Å². The van der Waals surface area contributed by atoms with Crippen LogP contribution < -0.4 is 15.4 Å². The van der Waals surface area contributed by atoms with E-state index in [9.17, 15) is 4.79 Å². The zero-order valence-electron chi connectivity index (χ0n) is 19.2. The van der Waals surface area contributed by atoms with Crippen molar-refractivity contribution >= 4 is 55.6 Å². The summed E-state index contributed by atoms with van der Waals surface area (Å²) in [5, 5.41) is 7.05. The highest BCUT2D eigenvalue weighted by Gasteiger charge is 2.10. The third-order valence-electron chi connectivity index (χ3n) is 5.42. The number of fused-ring (bicyclic) bond motifs is 2. The number of hydrogen-bond donors (Lipinski definition) is 2. The van der Waals surface area contributed by atoms with E-state index < -0.39 is 0 Å². The number of anilines is 3. The Kier molecular flexibility index (Phi) is 6.51. The minimum absolute atomic E-state index is 0.113. The normalized spacial score (nSPS) is 11.0. The van der Waals surface area contributed by atoms with Crippen molar-refractivity contribution in [3.63, 3.8) is 0 Å². The molecule has 176 valence electrons. The number of aryl methyl sites for hydroxylation is 1. The highest BCUT2D eigenvalue weighted by Crippen LogP contribution is 2.32. The molecule has 1 amide bonds. The zero-order valence-corrected chi connectivity index (χ0v) is 20.1. The molecule has 8 nitrogen and oxygen atoms in total. The lowest BCUT2D eigenvalue weighted by Crippen LogP contribution is -2.13. The molecule has 0 bridgehead atoms. The smallest absolute Gasteiger partial charge is 0.226 e. The second-order valence-electron chi connectivity index (χ2n) is 7.93. The van der Waals surface area contributed by atoms with Crippen LogP contribution in [-0.4, -0.2) is 34.6 Å². The van der Waals surface area contributed by atoms with Gasteiger partial charge in [0.2, 0.25) is 5.91 Å². The largest absolute Gasteiger partial charge is 0.457 e. The number of methoxy groups -OCH3 is 1. The molecule has 0 spiro atoms. The number of carbonyl (C=O) groups is 1. The van der Waals surface area contributed by atoms with Crippen molar-refractivity contribution in [2.75, 3.05) is 24.4 Å². The number of carbonyl (C=O) groups excluding carboxylic acids is 1. The number of aromatic nitrogens is 3. The summed E-state index contributed by atoms with van der Waals surface area (Å²) in [5.41, 5.74) is 6.03. The van der Waals surface area contributed by atoms with Crippen molar-refractivity contribution < 1.29 is 14.3 Å².